The van der Waals surface area contributed by atoms with Gasteiger partial charge in [-0.2, -0.15) is 11.8 Å². The van der Waals surface area contributed by atoms with Gasteiger partial charge in [0.1, 0.15) is 0 Å². The fraction of sp³-hybridized carbons (Fsp3) is 0.364. The summed E-state index contributed by atoms with van der Waals surface area (Å²) < 4.78 is 0. The molecule has 0 heterocycles. The molecule has 0 unspecified atom stereocenters. The van der Waals surface area contributed by atoms with E-state index >= 15 is 0 Å². The van der Waals surface area contributed by atoms with Gasteiger partial charge in [0.2, 0.25) is 0 Å². The number of hydrogen-bond donors (Lipinski definition) is 3. The predicted octanol–water partition coefficient (Wildman–Crippen LogP) is 1.37. The molecular weight excluding hydrogens is 222 g/mol. The number of rotatable bonds is 5. The number of carbonyl (C=O) groups is 1. The summed E-state index contributed by atoms with van der Waals surface area (Å²) in [5.74, 6) is 6.17. The molecule has 0 aliphatic heterocycles. The molecule has 0 saturated heterocycles. The minimum atomic E-state index is -0.0919. The second-order valence-corrected chi connectivity index (χ2v) is 4.43. The maximum absolute atomic E-state index is 11.8. The number of nitrogens with two attached hydrogens (primary N) is 1. The van der Waals surface area contributed by atoms with Gasteiger partial charge in [-0.1, -0.05) is 11.6 Å². The van der Waals surface area contributed by atoms with Crippen molar-refractivity contribution < 1.29 is 4.79 Å². The van der Waals surface area contributed by atoms with Crippen LogP contribution in [0.4, 0.5) is 5.69 Å². The van der Waals surface area contributed by atoms with E-state index in [4.69, 9.17) is 5.84 Å². The maximum atomic E-state index is 11.8. The smallest absolute Gasteiger partial charge is 0.253 e. The molecule has 0 bridgehead atoms. The zero-order valence-electron chi connectivity index (χ0n) is 9.54. The molecule has 1 aromatic carbocycles. The SMILES string of the molecule is CSCCNC(=O)c1cc(C)ccc1NN. The largest absolute Gasteiger partial charge is 0.351 e. The first-order chi connectivity index (χ1) is 7.69. The van der Waals surface area contributed by atoms with Gasteiger partial charge in [0.25, 0.3) is 5.91 Å². The van der Waals surface area contributed by atoms with Gasteiger partial charge in [-0.15, -0.1) is 0 Å². The van der Waals surface area contributed by atoms with Crippen molar-refractivity contribution >= 4 is 23.4 Å². The van der Waals surface area contributed by atoms with Gasteiger partial charge in [-0.3, -0.25) is 10.6 Å². The summed E-state index contributed by atoms with van der Waals surface area (Å²) in [5.41, 5.74) is 4.80. The average Bonchev–Trinajstić information content (AvgIpc) is 2.29. The van der Waals surface area contributed by atoms with Crippen molar-refractivity contribution in [2.24, 2.45) is 5.84 Å². The molecule has 1 rings (SSSR count). The van der Waals surface area contributed by atoms with Crippen LogP contribution in [-0.4, -0.2) is 24.5 Å². The third-order valence-electron chi connectivity index (χ3n) is 2.17. The van der Waals surface area contributed by atoms with E-state index in [1.54, 1.807) is 17.8 Å². The number of anilines is 1. The first-order valence-corrected chi connectivity index (χ1v) is 6.43. The lowest BCUT2D eigenvalue weighted by Crippen LogP contribution is -2.27. The van der Waals surface area contributed by atoms with E-state index in [0.717, 1.165) is 11.3 Å². The average molecular weight is 239 g/mol. The second kappa shape index (κ2) is 6.40. The molecule has 0 fully saturated rings. The van der Waals surface area contributed by atoms with Gasteiger partial charge < -0.3 is 10.7 Å². The predicted molar refractivity (Wildman–Crippen MR) is 69.7 cm³/mol. The summed E-state index contributed by atoms with van der Waals surface area (Å²) in [6.45, 7) is 2.61. The molecule has 1 aromatic rings. The molecule has 0 aliphatic carbocycles. The molecule has 0 aliphatic rings. The van der Waals surface area contributed by atoms with Crippen LogP contribution in [0.1, 0.15) is 15.9 Å². The zero-order chi connectivity index (χ0) is 12.0. The number of nitrogens with one attached hydrogen (secondary N) is 2. The molecule has 0 spiro atoms. The van der Waals surface area contributed by atoms with Gasteiger partial charge in [-0.25, -0.2) is 0 Å². The van der Waals surface area contributed by atoms with Crippen molar-refractivity contribution in [3.8, 4) is 0 Å². The Balaban J connectivity index is 2.76. The summed E-state index contributed by atoms with van der Waals surface area (Å²) in [5, 5.41) is 2.85. The van der Waals surface area contributed by atoms with Crippen LogP contribution in [0, 0.1) is 6.92 Å². The van der Waals surface area contributed by atoms with Crippen molar-refractivity contribution in [1.29, 1.82) is 0 Å². The van der Waals surface area contributed by atoms with Gasteiger partial charge in [0, 0.05) is 12.3 Å². The number of hydrazine groups is 1. The van der Waals surface area contributed by atoms with E-state index in [2.05, 4.69) is 10.7 Å². The summed E-state index contributed by atoms with van der Waals surface area (Å²) >= 11 is 1.70. The quantitative estimate of drug-likeness (QED) is 0.412. The van der Waals surface area contributed by atoms with Crippen LogP contribution in [0.5, 0.6) is 0 Å². The molecule has 0 radical (unpaired) electrons. The Kier molecular flexibility index (Phi) is 5.14. The molecule has 4 N–H and O–H groups in total. The van der Waals surface area contributed by atoms with E-state index < -0.39 is 0 Å². The number of carbonyl (C=O) groups excluding carboxylic acids is 1. The van der Waals surface area contributed by atoms with Gasteiger partial charge in [0.15, 0.2) is 0 Å². The van der Waals surface area contributed by atoms with E-state index in [-0.39, 0.29) is 5.91 Å². The monoisotopic (exact) mass is 239 g/mol. The molecule has 4 nitrogen and oxygen atoms in total. The molecule has 0 atom stereocenters. The summed E-state index contributed by atoms with van der Waals surface area (Å²) in [6.07, 6.45) is 2.01. The van der Waals surface area contributed by atoms with Crippen LogP contribution in [0.2, 0.25) is 0 Å². The highest BCUT2D eigenvalue weighted by Crippen LogP contribution is 2.15. The Morgan fingerprint density at radius 1 is 1.50 bits per heavy atom. The maximum Gasteiger partial charge on any atom is 0.253 e. The van der Waals surface area contributed by atoms with Crippen LogP contribution < -0.4 is 16.6 Å². The first-order valence-electron chi connectivity index (χ1n) is 5.03. The van der Waals surface area contributed by atoms with E-state index in [0.29, 0.717) is 17.8 Å². The third kappa shape index (κ3) is 3.43. The Hall–Kier alpha value is -1.20. The van der Waals surface area contributed by atoms with E-state index in [9.17, 15) is 4.79 Å². The number of nitrogen functional groups attached to an aromatic ring is 1. The van der Waals surface area contributed by atoms with Gasteiger partial charge >= 0.3 is 0 Å². The Bertz CT molecular complexity index is 368. The van der Waals surface area contributed by atoms with E-state index in [1.807, 2.05) is 25.3 Å². The van der Waals surface area contributed by atoms with Crippen LogP contribution in [0.15, 0.2) is 18.2 Å². The number of thioether (sulfide) groups is 1. The lowest BCUT2D eigenvalue weighted by Gasteiger charge is -2.10. The molecule has 88 valence electrons. The molecule has 1 amide bonds. The van der Waals surface area contributed by atoms with Crippen LogP contribution in [-0.2, 0) is 0 Å². The summed E-state index contributed by atoms with van der Waals surface area (Å²) in [6, 6.07) is 5.54. The number of amides is 1. The molecule has 16 heavy (non-hydrogen) atoms. The lowest BCUT2D eigenvalue weighted by atomic mass is 10.1. The fourth-order valence-electron chi connectivity index (χ4n) is 1.33. The summed E-state index contributed by atoms with van der Waals surface area (Å²) in [4.78, 5) is 11.8. The highest BCUT2D eigenvalue weighted by Gasteiger charge is 2.10. The van der Waals surface area contributed by atoms with Gasteiger partial charge in [-0.05, 0) is 25.3 Å². The third-order valence-corrected chi connectivity index (χ3v) is 2.78. The number of hydrogen-bond acceptors (Lipinski definition) is 4. The Morgan fingerprint density at radius 2 is 2.25 bits per heavy atom. The summed E-state index contributed by atoms with van der Waals surface area (Å²) in [7, 11) is 0. The molecule has 0 saturated carbocycles. The normalized spacial score (nSPS) is 9.94. The first kappa shape index (κ1) is 12.9. The topological polar surface area (TPSA) is 67.2 Å². The standard InChI is InChI=1S/C11H17N3OS/c1-8-3-4-10(14-12)9(7-8)11(15)13-5-6-16-2/h3-4,7,14H,5-6,12H2,1-2H3,(H,13,15). The van der Waals surface area contributed by atoms with Crippen LogP contribution in [0.3, 0.4) is 0 Å². The van der Waals surface area contributed by atoms with Crippen molar-refractivity contribution in [2.45, 2.75) is 6.92 Å². The van der Waals surface area contributed by atoms with Crippen molar-refractivity contribution in [3.63, 3.8) is 0 Å². The fourth-order valence-corrected chi connectivity index (χ4v) is 1.64. The highest BCUT2D eigenvalue weighted by molar-refractivity contribution is 7.98. The molecule has 5 heteroatoms. The second-order valence-electron chi connectivity index (χ2n) is 3.44. The molecular formula is C11H17N3OS. The Morgan fingerprint density at radius 3 is 2.88 bits per heavy atom. The minimum Gasteiger partial charge on any atom is -0.351 e. The molecule has 0 aromatic heterocycles. The van der Waals surface area contributed by atoms with Crippen molar-refractivity contribution in [2.75, 3.05) is 24.0 Å². The van der Waals surface area contributed by atoms with E-state index in [1.165, 1.54) is 0 Å². The van der Waals surface area contributed by atoms with Crippen molar-refractivity contribution in [1.82, 2.24) is 5.32 Å². The lowest BCUT2D eigenvalue weighted by molar-refractivity contribution is 0.0957. The Labute approximate surface area is 100.0 Å². The number of benzene rings is 1. The zero-order valence-corrected chi connectivity index (χ0v) is 10.4. The minimum absolute atomic E-state index is 0.0919. The van der Waals surface area contributed by atoms with Crippen molar-refractivity contribution in [3.05, 3.63) is 29.3 Å². The van der Waals surface area contributed by atoms with Crippen LogP contribution >= 0.6 is 11.8 Å². The highest BCUT2D eigenvalue weighted by atomic mass is 32.2. The van der Waals surface area contributed by atoms with Crippen LogP contribution in [0.25, 0.3) is 0 Å². The number of aryl methyl sites for hydroxylation is 1. The van der Waals surface area contributed by atoms with Gasteiger partial charge in [0.05, 0.1) is 11.3 Å².